The van der Waals surface area contributed by atoms with Gasteiger partial charge in [0.1, 0.15) is 0 Å². The average molecular weight is 520 g/mol. The largest absolute Gasteiger partial charge is 0.309 e. The van der Waals surface area contributed by atoms with E-state index in [4.69, 9.17) is 0 Å². The maximum atomic E-state index is 9.28. The van der Waals surface area contributed by atoms with E-state index in [1.165, 1.54) is 32.9 Å². The molecule has 0 amide bonds. The molecule has 0 bridgehead atoms. The number of nitriles is 1. The summed E-state index contributed by atoms with van der Waals surface area (Å²) < 4.78 is 2.45. The number of benzene rings is 4. The first kappa shape index (κ1) is 24.2. The highest BCUT2D eigenvalue weighted by atomic mass is 15.2. The van der Waals surface area contributed by atoms with E-state index in [1.807, 2.05) is 24.3 Å². The highest BCUT2D eigenvalue weighted by Crippen LogP contribution is 2.40. The summed E-state index contributed by atoms with van der Waals surface area (Å²) in [6, 6.07) is 32.1. The van der Waals surface area contributed by atoms with E-state index < -0.39 is 0 Å². The van der Waals surface area contributed by atoms with E-state index in [0.717, 1.165) is 35.5 Å². The lowest BCUT2D eigenvalue weighted by Crippen LogP contribution is -2.90. The van der Waals surface area contributed by atoms with Gasteiger partial charge in [0.25, 0.3) is 12.0 Å². The molecular weight excluding hydrogens is 488 g/mol. The Balaban J connectivity index is 1.39. The minimum atomic E-state index is -0.00791. The van der Waals surface area contributed by atoms with Crippen molar-refractivity contribution in [1.82, 2.24) is 9.88 Å². The van der Waals surface area contributed by atoms with Crippen LogP contribution >= 0.6 is 0 Å². The maximum Gasteiger partial charge on any atom is 0.282 e. The molecule has 0 saturated heterocycles. The number of amidine groups is 1. The summed E-state index contributed by atoms with van der Waals surface area (Å²) in [4.78, 5) is 3.56. The molecule has 0 fully saturated rings. The lowest BCUT2D eigenvalue weighted by molar-refractivity contribution is -0.550. The molecule has 7 rings (SSSR count). The Hall–Kier alpha value is -4.88. The van der Waals surface area contributed by atoms with Crippen LogP contribution in [0, 0.1) is 11.3 Å². The van der Waals surface area contributed by atoms with E-state index in [1.54, 1.807) is 0 Å². The van der Waals surface area contributed by atoms with Crippen molar-refractivity contribution in [3.05, 3.63) is 137 Å². The van der Waals surface area contributed by atoms with E-state index in [9.17, 15) is 5.26 Å². The van der Waals surface area contributed by atoms with Gasteiger partial charge in [-0.15, -0.1) is 0 Å². The Bertz CT molecular complexity index is 1930. The van der Waals surface area contributed by atoms with Crippen molar-refractivity contribution in [2.45, 2.75) is 38.3 Å². The van der Waals surface area contributed by atoms with Gasteiger partial charge in [-0.3, -0.25) is 0 Å². The molecule has 4 heteroatoms. The van der Waals surface area contributed by atoms with Crippen molar-refractivity contribution in [2.75, 3.05) is 0 Å². The van der Waals surface area contributed by atoms with Crippen molar-refractivity contribution in [1.29, 1.82) is 5.26 Å². The van der Waals surface area contributed by atoms with Crippen LogP contribution in [0.2, 0.25) is 0 Å². The SMILES string of the molecule is CC1(C)C/C=C\C=C/Cc2c1ccc1c3ccccc3n(-c3cccc(C4=[NH+]C(c5cccc(C#N)c5)N4)c3)c21. The van der Waals surface area contributed by atoms with Crippen molar-refractivity contribution >= 4 is 27.6 Å². The van der Waals surface area contributed by atoms with Crippen LogP contribution in [-0.4, -0.2) is 10.4 Å². The standard InChI is InChI=1S/C36H30N4/c1-36(2)20-8-4-3-5-16-30-31(36)19-18-29-28-15-6-7-17-32(28)40(33(29)30)27-14-10-13-26(22-27)35-38-34(39-35)25-12-9-11-24(21-25)23-37/h3-15,17-19,21-22,34H,16,20H2,1-2H3,(H,38,39)/p+1/b5-3-,8-4-. The summed E-state index contributed by atoms with van der Waals surface area (Å²) in [5.41, 5.74) is 9.32. The Labute approximate surface area is 234 Å². The lowest BCUT2D eigenvalue weighted by Gasteiger charge is -2.27. The lowest BCUT2D eigenvalue weighted by atomic mass is 9.78. The number of allylic oxidation sites excluding steroid dienone is 4. The van der Waals surface area contributed by atoms with Crippen LogP contribution in [0.25, 0.3) is 27.5 Å². The van der Waals surface area contributed by atoms with Crippen LogP contribution in [0.1, 0.15) is 54.3 Å². The molecule has 1 aromatic heterocycles. The number of hydrogen-bond acceptors (Lipinski definition) is 2. The van der Waals surface area contributed by atoms with E-state index in [0.29, 0.717) is 5.56 Å². The molecule has 2 aliphatic rings. The Morgan fingerprint density at radius 2 is 1.73 bits per heavy atom. The second-order valence-electron chi connectivity index (χ2n) is 11.4. The molecule has 1 aliphatic carbocycles. The first-order valence-electron chi connectivity index (χ1n) is 13.9. The predicted octanol–water partition coefficient (Wildman–Crippen LogP) is 6.12. The molecule has 5 aromatic rings. The highest BCUT2D eigenvalue weighted by Gasteiger charge is 2.31. The number of rotatable bonds is 3. The summed E-state index contributed by atoms with van der Waals surface area (Å²) in [5, 5.41) is 15.4. The molecule has 194 valence electrons. The Morgan fingerprint density at radius 3 is 2.60 bits per heavy atom. The summed E-state index contributed by atoms with van der Waals surface area (Å²) in [5.74, 6) is 0.997. The Kier molecular flexibility index (Phi) is 5.68. The maximum absolute atomic E-state index is 9.28. The highest BCUT2D eigenvalue weighted by molar-refractivity contribution is 6.11. The third kappa shape index (κ3) is 3.94. The molecule has 0 spiro atoms. The van der Waals surface area contributed by atoms with Crippen LogP contribution in [0.4, 0.5) is 0 Å². The molecule has 0 radical (unpaired) electrons. The van der Waals surface area contributed by atoms with Gasteiger partial charge in [-0.2, -0.15) is 5.26 Å². The third-order valence-corrected chi connectivity index (χ3v) is 8.32. The van der Waals surface area contributed by atoms with Crippen molar-refractivity contribution < 1.29 is 4.99 Å². The van der Waals surface area contributed by atoms with Crippen LogP contribution in [0.3, 0.4) is 0 Å². The summed E-state index contributed by atoms with van der Waals surface area (Å²) >= 11 is 0. The number of hydrogen-bond donors (Lipinski definition) is 2. The number of nitrogens with one attached hydrogen (secondary N) is 2. The fourth-order valence-electron chi connectivity index (χ4n) is 6.26. The van der Waals surface area contributed by atoms with Gasteiger partial charge in [-0.25, -0.2) is 10.3 Å². The van der Waals surface area contributed by atoms with E-state index in [-0.39, 0.29) is 11.6 Å². The number of fused-ring (bicyclic) bond motifs is 5. The van der Waals surface area contributed by atoms with Gasteiger partial charge >= 0.3 is 0 Å². The van der Waals surface area contributed by atoms with Crippen molar-refractivity contribution in [3.63, 3.8) is 0 Å². The smallest absolute Gasteiger partial charge is 0.282 e. The second-order valence-corrected chi connectivity index (χ2v) is 11.4. The quantitative estimate of drug-likeness (QED) is 0.302. The fourth-order valence-corrected chi connectivity index (χ4v) is 6.26. The van der Waals surface area contributed by atoms with Crippen LogP contribution < -0.4 is 10.3 Å². The van der Waals surface area contributed by atoms with Crippen molar-refractivity contribution in [2.24, 2.45) is 0 Å². The van der Waals surface area contributed by atoms with Crippen LogP contribution in [0.15, 0.2) is 109 Å². The molecule has 0 saturated carbocycles. The summed E-state index contributed by atoms with van der Waals surface area (Å²) in [6.07, 6.45) is 10.8. The zero-order chi connectivity index (χ0) is 27.3. The van der Waals surface area contributed by atoms with Gasteiger partial charge in [0.2, 0.25) is 0 Å². The Morgan fingerprint density at radius 1 is 0.900 bits per heavy atom. The molecule has 40 heavy (non-hydrogen) atoms. The molecule has 2 heterocycles. The molecule has 4 aromatic carbocycles. The first-order valence-corrected chi connectivity index (χ1v) is 13.9. The molecule has 2 N–H and O–H groups in total. The number of aromatic nitrogens is 1. The molecular formula is C36H31N4+. The zero-order valence-corrected chi connectivity index (χ0v) is 22.8. The topological polar surface area (TPSA) is 54.7 Å². The van der Waals surface area contributed by atoms with Gasteiger partial charge in [0, 0.05) is 22.0 Å². The molecule has 1 aliphatic heterocycles. The van der Waals surface area contributed by atoms with Gasteiger partial charge in [-0.1, -0.05) is 86.7 Å². The van der Waals surface area contributed by atoms with E-state index >= 15 is 0 Å². The van der Waals surface area contributed by atoms with Gasteiger partial charge < -0.3 is 4.57 Å². The van der Waals surface area contributed by atoms with Crippen LogP contribution in [-0.2, 0) is 11.8 Å². The molecule has 4 nitrogen and oxygen atoms in total. The number of nitrogens with zero attached hydrogens (tertiary/aromatic N) is 2. The monoisotopic (exact) mass is 519 g/mol. The number of para-hydroxylation sites is 1. The fraction of sp³-hybridized carbons (Fsp3) is 0.167. The normalized spacial score (nSPS) is 19.2. The van der Waals surface area contributed by atoms with Crippen LogP contribution in [0.5, 0.6) is 0 Å². The van der Waals surface area contributed by atoms with Gasteiger partial charge in [0.15, 0.2) is 0 Å². The van der Waals surface area contributed by atoms with Crippen molar-refractivity contribution in [3.8, 4) is 11.8 Å². The average Bonchev–Trinajstić information content (AvgIpc) is 3.31. The minimum absolute atomic E-state index is 0.00791. The first-order chi connectivity index (χ1) is 19.5. The zero-order valence-electron chi connectivity index (χ0n) is 22.8. The van der Waals surface area contributed by atoms with Gasteiger partial charge in [-0.05, 0) is 65.8 Å². The van der Waals surface area contributed by atoms with E-state index in [2.05, 4.69) is 120 Å². The summed E-state index contributed by atoms with van der Waals surface area (Å²) in [6.45, 7) is 4.71. The summed E-state index contributed by atoms with van der Waals surface area (Å²) in [7, 11) is 0. The van der Waals surface area contributed by atoms with Gasteiger partial charge in [0.05, 0.1) is 28.2 Å². The predicted molar refractivity (Wildman–Crippen MR) is 163 cm³/mol. The minimum Gasteiger partial charge on any atom is -0.309 e. The molecule has 1 unspecified atom stereocenters. The second kappa shape index (κ2) is 9.39. The molecule has 1 atom stereocenters. The third-order valence-electron chi connectivity index (χ3n) is 8.32.